The van der Waals surface area contributed by atoms with Crippen molar-refractivity contribution in [1.82, 2.24) is 9.21 Å². The van der Waals surface area contributed by atoms with Crippen LogP contribution in [-0.2, 0) is 14.8 Å². The summed E-state index contributed by atoms with van der Waals surface area (Å²) in [5.74, 6) is 0.753. The Hall–Kier alpha value is -1.40. The lowest BCUT2D eigenvalue weighted by Gasteiger charge is -2.36. The average molecular weight is 379 g/mol. The van der Waals surface area contributed by atoms with Gasteiger partial charge in [0.25, 0.3) is 0 Å². The molecule has 0 saturated carbocycles. The molecule has 6 heteroatoms. The van der Waals surface area contributed by atoms with Gasteiger partial charge >= 0.3 is 0 Å². The molecule has 0 spiro atoms. The van der Waals surface area contributed by atoms with E-state index >= 15 is 0 Å². The molecule has 2 saturated heterocycles. The van der Waals surface area contributed by atoms with Gasteiger partial charge in [-0.15, -0.1) is 0 Å². The Morgan fingerprint density at radius 3 is 2.42 bits per heavy atom. The first-order valence-corrected chi connectivity index (χ1v) is 11.1. The van der Waals surface area contributed by atoms with Gasteiger partial charge in [-0.3, -0.25) is 4.79 Å². The summed E-state index contributed by atoms with van der Waals surface area (Å²) in [6.07, 6.45) is 3.50. The van der Waals surface area contributed by atoms with Gasteiger partial charge in [0.05, 0.1) is 4.90 Å². The summed E-state index contributed by atoms with van der Waals surface area (Å²) < 4.78 is 27.6. The third-order valence-electron chi connectivity index (χ3n) is 5.73. The lowest BCUT2D eigenvalue weighted by atomic mass is 9.93. The topological polar surface area (TPSA) is 57.7 Å². The molecule has 0 N–H and O–H groups in total. The molecule has 1 atom stereocenters. The molecule has 1 aromatic rings. The predicted octanol–water partition coefficient (Wildman–Crippen LogP) is 2.96. The Kier molecular flexibility index (Phi) is 5.72. The highest BCUT2D eigenvalue weighted by molar-refractivity contribution is 7.89. The molecule has 26 heavy (non-hydrogen) atoms. The van der Waals surface area contributed by atoms with E-state index in [0.717, 1.165) is 30.6 Å². The number of hydrogen-bond acceptors (Lipinski definition) is 3. The average Bonchev–Trinajstić information content (AvgIpc) is 2.63. The molecular weight excluding hydrogens is 348 g/mol. The van der Waals surface area contributed by atoms with Crippen molar-refractivity contribution in [1.29, 1.82) is 0 Å². The van der Waals surface area contributed by atoms with Crippen LogP contribution in [0.2, 0.25) is 0 Å². The highest BCUT2D eigenvalue weighted by Gasteiger charge is 2.35. The summed E-state index contributed by atoms with van der Waals surface area (Å²) in [6, 6.07) is 5.53. The maximum atomic E-state index is 13.0. The Balaban J connectivity index is 1.66. The zero-order chi connectivity index (χ0) is 18.9. The van der Waals surface area contributed by atoms with Crippen LogP contribution in [0.5, 0.6) is 0 Å². The molecule has 5 nitrogen and oxygen atoms in total. The van der Waals surface area contributed by atoms with E-state index in [0.29, 0.717) is 36.7 Å². The summed E-state index contributed by atoms with van der Waals surface area (Å²) in [4.78, 5) is 15.2. The molecule has 0 aromatic heterocycles. The van der Waals surface area contributed by atoms with E-state index in [-0.39, 0.29) is 11.8 Å². The summed E-state index contributed by atoms with van der Waals surface area (Å²) >= 11 is 0. The third kappa shape index (κ3) is 3.96. The van der Waals surface area contributed by atoms with Crippen LogP contribution < -0.4 is 0 Å². The van der Waals surface area contributed by atoms with E-state index in [1.165, 1.54) is 6.42 Å². The van der Waals surface area contributed by atoms with Crippen LogP contribution >= 0.6 is 0 Å². The van der Waals surface area contributed by atoms with Crippen LogP contribution in [0.15, 0.2) is 23.1 Å². The lowest BCUT2D eigenvalue weighted by molar-refractivity contribution is -0.138. The monoisotopic (exact) mass is 378 g/mol. The maximum Gasteiger partial charge on any atom is 0.243 e. The zero-order valence-electron chi connectivity index (χ0n) is 16.1. The fourth-order valence-corrected chi connectivity index (χ4v) is 5.89. The Labute approximate surface area is 157 Å². The highest BCUT2D eigenvalue weighted by atomic mass is 32.2. The van der Waals surface area contributed by atoms with Gasteiger partial charge in [0.15, 0.2) is 0 Å². The van der Waals surface area contributed by atoms with E-state index in [1.54, 1.807) is 10.4 Å². The van der Waals surface area contributed by atoms with Gasteiger partial charge in [-0.25, -0.2) is 8.42 Å². The van der Waals surface area contributed by atoms with Crippen molar-refractivity contribution in [3.8, 4) is 0 Å². The van der Waals surface area contributed by atoms with Crippen LogP contribution in [0.1, 0.15) is 43.7 Å². The molecule has 2 fully saturated rings. The zero-order valence-corrected chi connectivity index (χ0v) is 16.9. The quantitative estimate of drug-likeness (QED) is 0.812. The first-order valence-electron chi connectivity index (χ1n) is 9.65. The fraction of sp³-hybridized carbons (Fsp3) is 0.650. The lowest BCUT2D eigenvalue weighted by Crippen LogP contribution is -2.47. The van der Waals surface area contributed by atoms with Crippen molar-refractivity contribution in [2.75, 3.05) is 26.2 Å². The van der Waals surface area contributed by atoms with E-state index in [2.05, 4.69) is 6.92 Å². The minimum Gasteiger partial charge on any atom is -0.342 e. The number of aryl methyl sites for hydroxylation is 2. The number of nitrogens with zero attached hydrogens (tertiary/aromatic N) is 2. The van der Waals surface area contributed by atoms with Gasteiger partial charge in [0.2, 0.25) is 15.9 Å². The van der Waals surface area contributed by atoms with E-state index < -0.39 is 10.0 Å². The Morgan fingerprint density at radius 2 is 1.77 bits per heavy atom. The van der Waals surface area contributed by atoms with Crippen molar-refractivity contribution in [3.05, 3.63) is 29.3 Å². The molecule has 1 amide bonds. The first kappa shape index (κ1) is 19.4. The summed E-state index contributed by atoms with van der Waals surface area (Å²) in [7, 11) is -3.49. The third-order valence-corrected chi connectivity index (χ3v) is 7.77. The molecule has 0 aliphatic carbocycles. The number of hydrogen-bond donors (Lipinski definition) is 0. The van der Waals surface area contributed by atoms with Crippen LogP contribution in [0.3, 0.4) is 0 Å². The van der Waals surface area contributed by atoms with Gasteiger partial charge in [-0.05, 0) is 62.6 Å². The Bertz CT molecular complexity index is 767. The molecule has 3 rings (SSSR count). The number of amides is 1. The molecule has 2 heterocycles. The number of rotatable bonds is 3. The first-order chi connectivity index (χ1) is 12.3. The minimum absolute atomic E-state index is 0.0367. The molecule has 1 aromatic carbocycles. The molecule has 144 valence electrons. The van der Waals surface area contributed by atoms with Crippen molar-refractivity contribution in [2.45, 2.75) is 51.3 Å². The number of likely N-dealkylation sites (tertiary alicyclic amines) is 1. The second-order valence-electron chi connectivity index (χ2n) is 7.98. The largest absolute Gasteiger partial charge is 0.342 e. The van der Waals surface area contributed by atoms with Gasteiger partial charge in [0, 0.05) is 32.1 Å². The van der Waals surface area contributed by atoms with Crippen molar-refractivity contribution in [2.24, 2.45) is 11.8 Å². The molecule has 2 aliphatic rings. The van der Waals surface area contributed by atoms with E-state index in [1.807, 2.05) is 30.9 Å². The van der Waals surface area contributed by atoms with Gasteiger partial charge in [0.1, 0.15) is 0 Å². The number of piperidine rings is 2. The standard InChI is InChI=1S/C20H30N2O3S/c1-15-6-7-17(3)19(13-15)26(24,25)22-11-8-18(9-12-22)20(23)21-10-4-5-16(2)14-21/h6-7,13,16,18H,4-5,8-12,14H2,1-3H3. The smallest absolute Gasteiger partial charge is 0.243 e. The molecule has 1 unspecified atom stereocenters. The number of sulfonamides is 1. The minimum atomic E-state index is -3.49. The fourth-order valence-electron chi connectivity index (χ4n) is 4.12. The Morgan fingerprint density at radius 1 is 1.08 bits per heavy atom. The van der Waals surface area contributed by atoms with Crippen LogP contribution in [0.4, 0.5) is 0 Å². The predicted molar refractivity (Wildman–Crippen MR) is 102 cm³/mol. The van der Waals surface area contributed by atoms with E-state index in [9.17, 15) is 13.2 Å². The highest BCUT2D eigenvalue weighted by Crippen LogP contribution is 2.28. The maximum absolute atomic E-state index is 13.0. The van der Waals surface area contributed by atoms with Gasteiger partial charge < -0.3 is 4.90 Å². The molecule has 0 radical (unpaired) electrons. The molecule has 0 bridgehead atoms. The number of benzene rings is 1. The number of carbonyl (C=O) groups excluding carboxylic acids is 1. The number of carbonyl (C=O) groups is 1. The van der Waals surface area contributed by atoms with Crippen molar-refractivity contribution < 1.29 is 13.2 Å². The second kappa shape index (κ2) is 7.69. The van der Waals surface area contributed by atoms with Crippen molar-refractivity contribution in [3.63, 3.8) is 0 Å². The van der Waals surface area contributed by atoms with Crippen LogP contribution in [0.25, 0.3) is 0 Å². The second-order valence-corrected chi connectivity index (χ2v) is 9.89. The molecule has 2 aliphatic heterocycles. The van der Waals surface area contributed by atoms with Crippen molar-refractivity contribution >= 4 is 15.9 Å². The van der Waals surface area contributed by atoms with Crippen LogP contribution in [0, 0.1) is 25.7 Å². The van der Waals surface area contributed by atoms with E-state index in [4.69, 9.17) is 0 Å². The summed E-state index contributed by atoms with van der Waals surface area (Å²) in [6.45, 7) is 8.48. The summed E-state index contributed by atoms with van der Waals surface area (Å²) in [5, 5.41) is 0. The molecular formula is C20H30N2O3S. The van der Waals surface area contributed by atoms with Gasteiger partial charge in [-0.1, -0.05) is 19.1 Å². The van der Waals surface area contributed by atoms with Crippen LogP contribution in [-0.4, -0.2) is 49.7 Å². The SMILES string of the molecule is Cc1ccc(C)c(S(=O)(=O)N2CCC(C(=O)N3CCCC(C)C3)CC2)c1. The summed E-state index contributed by atoms with van der Waals surface area (Å²) in [5.41, 5.74) is 1.72. The normalized spacial score (nSPS) is 23.2. The van der Waals surface area contributed by atoms with Gasteiger partial charge in [-0.2, -0.15) is 4.31 Å².